The van der Waals surface area contributed by atoms with Gasteiger partial charge in [0.2, 0.25) is 0 Å². The van der Waals surface area contributed by atoms with Gasteiger partial charge in [0.1, 0.15) is 0 Å². The van der Waals surface area contributed by atoms with Gasteiger partial charge in [0.25, 0.3) is 0 Å². The first-order valence-corrected chi connectivity index (χ1v) is 41.7. The van der Waals surface area contributed by atoms with Crippen LogP contribution in [0, 0.1) is 0 Å². The molecule has 1 nitrogen and oxygen atoms in total. The number of rotatable bonds is 2. The van der Waals surface area contributed by atoms with Gasteiger partial charge in [-0.2, -0.15) is 0 Å². The minimum atomic E-state index is -0.812. The Hall–Kier alpha value is 2.29. The third-order valence-electron chi connectivity index (χ3n) is 1.28. The standard InChI is InChI=1S/C8H11N.3HI.Pb.H/c9-7-6-8-4-2-1-3-5-8;;;;;/h1-5H,6-7,9H2;3*1H;;/q;;;;+3;/p-3. The quantitative estimate of drug-likeness (QED) is 0.371. The Balaban J connectivity index is 0.000000310. The van der Waals surface area contributed by atoms with Crippen molar-refractivity contribution in [3.63, 3.8) is 0 Å². The van der Waals surface area contributed by atoms with Gasteiger partial charge < -0.3 is 5.73 Å². The molecule has 0 amide bonds. The molecule has 0 radical (unpaired) electrons. The molecule has 0 fully saturated rings. The first-order valence-electron chi connectivity index (χ1n) is 3.83. The topological polar surface area (TPSA) is 26.0 Å². The summed E-state index contributed by atoms with van der Waals surface area (Å²) in [5.41, 5.74) is 6.68. The number of nitrogens with two attached hydrogens (primary N) is 1. The van der Waals surface area contributed by atoms with Crippen molar-refractivity contribution in [1.82, 2.24) is 0 Å². The van der Waals surface area contributed by atoms with Crippen molar-refractivity contribution >= 4 is 63.1 Å². The van der Waals surface area contributed by atoms with Crippen LogP contribution in [0.25, 0.3) is 0 Å². The van der Waals surface area contributed by atoms with Crippen molar-refractivity contribution in [3.05, 3.63) is 35.9 Å². The van der Waals surface area contributed by atoms with Gasteiger partial charge >= 0.3 is 63.1 Å². The van der Waals surface area contributed by atoms with Crippen molar-refractivity contribution in [2.24, 2.45) is 5.73 Å². The summed E-state index contributed by atoms with van der Waals surface area (Å²) in [5, 5.41) is 0. The molecule has 5 heteroatoms. The van der Waals surface area contributed by atoms with E-state index in [-0.39, 0.29) is 0 Å². The van der Waals surface area contributed by atoms with Crippen molar-refractivity contribution in [2.45, 2.75) is 6.42 Å². The fourth-order valence-corrected chi connectivity index (χ4v) is 0.811. The van der Waals surface area contributed by atoms with Crippen LogP contribution in [0.3, 0.4) is 0 Å². The Bertz CT molecular complexity index is 203. The van der Waals surface area contributed by atoms with E-state index in [0.29, 0.717) is 0 Å². The Labute approximate surface area is 115 Å². The van der Waals surface area contributed by atoms with Crippen molar-refractivity contribution in [1.29, 1.82) is 0 Å². The van der Waals surface area contributed by atoms with Gasteiger partial charge in [-0.05, 0) is 18.5 Å². The van der Waals surface area contributed by atoms with Crippen LogP contribution in [0.2, 0.25) is 0 Å². The maximum absolute atomic E-state index is 5.36. The summed E-state index contributed by atoms with van der Waals surface area (Å²) in [4.78, 5) is 0. The summed E-state index contributed by atoms with van der Waals surface area (Å²) in [6, 6.07) is 10.3. The van der Waals surface area contributed by atoms with Crippen LogP contribution in [-0.2, 0) is 6.42 Å². The van der Waals surface area contributed by atoms with E-state index in [9.17, 15) is 0 Å². The van der Waals surface area contributed by atoms with Crippen LogP contribution in [-0.4, -0.2) is 16.4 Å². The molecule has 0 aliphatic rings. The monoisotopic (exact) mass is 711 g/mol. The van der Waals surface area contributed by atoms with E-state index in [1.165, 1.54) is 5.56 Å². The Morgan fingerprint density at radius 1 is 1.08 bits per heavy atom. The molecule has 2 N–H and O–H groups in total. The van der Waals surface area contributed by atoms with E-state index in [1.54, 1.807) is 0 Å². The molecule has 1 aromatic carbocycles. The summed E-state index contributed by atoms with van der Waals surface area (Å²) in [6.45, 7) is 0.740. The van der Waals surface area contributed by atoms with Crippen LogP contribution < -0.4 is 5.73 Å². The first kappa shape index (κ1) is 15.3. The molecule has 0 spiro atoms. The van der Waals surface area contributed by atoms with Crippen LogP contribution in [0.4, 0.5) is 0 Å². The Kier molecular flexibility index (Phi) is 12.7. The molecular formula is C8H12I3NPb. The molecule has 0 saturated carbocycles. The van der Waals surface area contributed by atoms with Gasteiger partial charge in [-0.25, -0.2) is 0 Å². The zero-order valence-corrected chi connectivity index (χ0v) is 18.1. The molecule has 1 rings (SSSR count). The van der Waals surface area contributed by atoms with Crippen LogP contribution in [0.5, 0.6) is 0 Å². The first-order chi connectivity index (χ1) is 6.16. The number of hydrogen-bond donors (Lipinski definition) is 1. The van der Waals surface area contributed by atoms with Crippen molar-refractivity contribution < 1.29 is 0 Å². The third-order valence-corrected chi connectivity index (χ3v) is 1.28. The maximum atomic E-state index is 5.36. The fourth-order valence-electron chi connectivity index (χ4n) is 0.811. The van der Waals surface area contributed by atoms with Gasteiger partial charge in [0.15, 0.2) is 0 Å². The number of benzene rings is 1. The second kappa shape index (κ2) is 10.8. The molecule has 0 aliphatic heterocycles. The van der Waals surface area contributed by atoms with Gasteiger partial charge in [-0.1, -0.05) is 30.3 Å². The summed E-state index contributed by atoms with van der Waals surface area (Å²) < 4.78 is 0. The summed E-state index contributed by atoms with van der Waals surface area (Å²) in [7, 11) is -0.812. The molecule has 0 bridgehead atoms. The molecule has 74 valence electrons. The molecule has 13 heavy (non-hydrogen) atoms. The summed E-state index contributed by atoms with van der Waals surface area (Å²) >= 11 is 7.62. The van der Waals surface area contributed by atoms with E-state index in [2.05, 4.69) is 65.4 Å². The van der Waals surface area contributed by atoms with E-state index < -0.39 is 9.82 Å². The molecule has 0 atom stereocenters. The van der Waals surface area contributed by atoms with Crippen LogP contribution in [0.1, 0.15) is 5.56 Å². The SMILES string of the molecule is NCCc1ccccc1.[I][PbH]([I])[I]. The van der Waals surface area contributed by atoms with Gasteiger partial charge in [-0.3, -0.25) is 0 Å². The Morgan fingerprint density at radius 3 is 1.92 bits per heavy atom. The fraction of sp³-hybridized carbons (Fsp3) is 0.250. The molecule has 1 aromatic rings. The second-order valence-corrected chi connectivity index (χ2v) is 99.7. The van der Waals surface area contributed by atoms with Crippen molar-refractivity contribution in [2.75, 3.05) is 6.54 Å². The summed E-state index contributed by atoms with van der Waals surface area (Å²) in [5.74, 6) is 0. The predicted octanol–water partition coefficient (Wildman–Crippen LogP) is 3.20. The van der Waals surface area contributed by atoms with E-state index in [4.69, 9.17) is 5.73 Å². The van der Waals surface area contributed by atoms with E-state index >= 15 is 0 Å². The third kappa shape index (κ3) is 12.2. The molecular weight excluding hydrogens is 698 g/mol. The van der Waals surface area contributed by atoms with Crippen molar-refractivity contribution in [3.8, 4) is 0 Å². The zero-order valence-electron chi connectivity index (χ0n) is 7.09. The predicted molar refractivity (Wildman–Crippen MR) is 88.4 cm³/mol. The Morgan fingerprint density at radius 2 is 1.54 bits per heavy atom. The summed E-state index contributed by atoms with van der Waals surface area (Å²) in [6.07, 6.45) is 0.987. The van der Waals surface area contributed by atoms with Gasteiger partial charge in [-0.15, -0.1) is 0 Å². The number of halogens is 3. The molecule has 0 heterocycles. The van der Waals surface area contributed by atoms with E-state index in [0.717, 1.165) is 13.0 Å². The zero-order chi connectivity index (χ0) is 10.1. The normalized spacial score (nSPS) is 9.31. The van der Waals surface area contributed by atoms with Crippen LogP contribution >= 0.6 is 53.3 Å². The van der Waals surface area contributed by atoms with Gasteiger partial charge in [0, 0.05) is 0 Å². The van der Waals surface area contributed by atoms with Crippen LogP contribution in [0.15, 0.2) is 30.3 Å². The molecule has 0 unspecified atom stereocenters. The molecule has 0 saturated heterocycles. The second-order valence-electron chi connectivity index (χ2n) is 2.27. The minimum absolute atomic E-state index is 0.740. The van der Waals surface area contributed by atoms with E-state index in [1.807, 2.05) is 18.2 Å². The average molecular weight is 710 g/mol. The average Bonchev–Trinajstić information content (AvgIpc) is 2.06. The van der Waals surface area contributed by atoms with Gasteiger partial charge in [0.05, 0.1) is 0 Å². The molecule has 0 aliphatic carbocycles. The number of hydrogen-bond acceptors (Lipinski definition) is 1. The molecule has 0 aromatic heterocycles.